The molecule has 0 atom stereocenters. The molecule has 2 aromatic carbocycles. The molecule has 0 radical (unpaired) electrons. The molecule has 7 nitrogen and oxygen atoms in total. The lowest BCUT2D eigenvalue weighted by atomic mass is 10.1. The molecule has 0 aromatic heterocycles. The van der Waals surface area contributed by atoms with Crippen LogP contribution < -0.4 is 18.9 Å². The van der Waals surface area contributed by atoms with Crippen molar-refractivity contribution in [1.29, 1.82) is 0 Å². The number of carbonyl (C=O) groups is 2. The summed E-state index contributed by atoms with van der Waals surface area (Å²) in [5.41, 5.74) is 0.941. The molecule has 0 heterocycles. The normalized spacial score (nSPS) is 10.4. The Bertz CT molecular complexity index is 871. The van der Waals surface area contributed by atoms with Crippen LogP contribution in [0.15, 0.2) is 42.5 Å². The minimum absolute atomic E-state index is 0.301. The van der Waals surface area contributed by atoms with Crippen LogP contribution in [0, 0.1) is 0 Å². The first-order chi connectivity index (χ1) is 13.5. The topological polar surface area (TPSA) is 80.3 Å². The fourth-order valence-corrected chi connectivity index (χ4v) is 2.42. The maximum absolute atomic E-state index is 12.3. The van der Waals surface area contributed by atoms with E-state index in [0.717, 1.165) is 0 Å². The van der Waals surface area contributed by atoms with Gasteiger partial charge < -0.3 is 23.7 Å². The number of hydrogen-bond acceptors (Lipinski definition) is 7. The number of carbonyl (C=O) groups excluding carboxylic acids is 2. The van der Waals surface area contributed by atoms with Crippen molar-refractivity contribution in [2.24, 2.45) is 0 Å². The molecule has 0 bridgehead atoms. The Hall–Kier alpha value is -3.48. The lowest BCUT2D eigenvalue weighted by molar-refractivity contribution is -0.136. The maximum Gasteiger partial charge on any atom is 0.331 e. The van der Waals surface area contributed by atoms with Crippen LogP contribution in [-0.2, 0) is 9.53 Å². The van der Waals surface area contributed by atoms with Gasteiger partial charge in [0.05, 0.1) is 34.0 Å². The summed E-state index contributed by atoms with van der Waals surface area (Å²) >= 11 is 0. The van der Waals surface area contributed by atoms with Gasteiger partial charge in [0.1, 0.15) is 23.0 Å². The summed E-state index contributed by atoms with van der Waals surface area (Å²) < 4.78 is 25.7. The Labute approximate surface area is 163 Å². The zero-order valence-corrected chi connectivity index (χ0v) is 16.2. The third kappa shape index (κ3) is 5.26. The van der Waals surface area contributed by atoms with Gasteiger partial charge in [0.15, 0.2) is 6.61 Å². The van der Waals surface area contributed by atoms with Crippen molar-refractivity contribution >= 4 is 17.8 Å². The van der Waals surface area contributed by atoms with Gasteiger partial charge in [-0.1, -0.05) is 0 Å². The van der Waals surface area contributed by atoms with Crippen LogP contribution in [0.25, 0.3) is 6.08 Å². The molecular formula is C21H22O7. The molecule has 0 aliphatic carbocycles. The number of rotatable bonds is 9. The van der Waals surface area contributed by atoms with Gasteiger partial charge in [-0.05, 0) is 36.4 Å². The van der Waals surface area contributed by atoms with E-state index in [1.165, 1.54) is 33.5 Å². The van der Waals surface area contributed by atoms with E-state index >= 15 is 0 Å². The standard InChI is InChI=1S/C21H22O7/c1-24-15-7-9-19(26-3)14(11-15)5-10-21(23)28-13-18(22)17-8-6-16(25-2)12-20(17)27-4/h5-12H,13H2,1-4H3/b10-5+. The molecule has 0 aliphatic rings. The molecule has 2 rings (SSSR count). The van der Waals surface area contributed by atoms with E-state index in [9.17, 15) is 9.59 Å². The van der Waals surface area contributed by atoms with Crippen molar-refractivity contribution in [2.45, 2.75) is 0 Å². The molecule has 7 heteroatoms. The van der Waals surface area contributed by atoms with Crippen LogP contribution in [0.4, 0.5) is 0 Å². The number of benzene rings is 2. The van der Waals surface area contributed by atoms with E-state index in [-0.39, 0.29) is 5.78 Å². The van der Waals surface area contributed by atoms with Crippen LogP contribution in [0.5, 0.6) is 23.0 Å². The van der Waals surface area contributed by atoms with Crippen LogP contribution in [0.1, 0.15) is 15.9 Å². The van der Waals surface area contributed by atoms with Gasteiger partial charge in [-0.25, -0.2) is 4.79 Å². The first-order valence-corrected chi connectivity index (χ1v) is 8.34. The summed E-state index contributed by atoms with van der Waals surface area (Å²) in [6.07, 6.45) is 2.75. The molecule has 0 fully saturated rings. The van der Waals surface area contributed by atoms with E-state index < -0.39 is 12.6 Å². The summed E-state index contributed by atoms with van der Waals surface area (Å²) in [7, 11) is 6.03. The van der Waals surface area contributed by atoms with Crippen molar-refractivity contribution in [3.8, 4) is 23.0 Å². The lowest BCUT2D eigenvalue weighted by Crippen LogP contribution is -2.13. The van der Waals surface area contributed by atoms with Crippen LogP contribution in [-0.4, -0.2) is 46.8 Å². The lowest BCUT2D eigenvalue weighted by Gasteiger charge is -2.09. The predicted octanol–water partition coefficient (Wildman–Crippen LogP) is 3.16. The number of ether oxygens (including phenoxy) is 5. The predicted molar refractivity (Wildman–Crippen MR) is 103 cm³/mol. The average molecular weight is 386 g/mol. The highest BCUT2D eigenvalue weighted by atomic mass is 16.5. The Kier molecular flexibility index (Phi) is 7.45. The molecule has 148 valence electrons. The Morgan fingerprint density at radius 3 is 2.11 bits per heavy atom. The Morgan fingerprint density at radius 2 is 1.46 bits per heavy atom. The fourth-order valence-electron chi connectivity index (χ4n) is 2.42. The van der Waals surface area contributed by atoms with E-state index in [4.69, 9.17) is 23.7 Å². The third-order valence-electron chi connectivity index (χ3n) is 3.89. The average Bonchev–Trinajstić information content (AvgIpc) is 2.75. The molecule has 0 saturated carbocycles. The largest absolute Gasteiger partial charge is 0.497 e. The minimum Gasteiger partial charge on any atom is -0.497 e. The number of esters is 1. The summed E-state index contributed by atoms with van der Waals surface area (Å²) in [6, 6.07) is 9.97. The monoisotopic (exact) mass is 386 g/mol. The highest BCUT2D eigenvalue weighted by Crippen LogP contribution is 2.26. The van der Waals surface area contributed by atoms with Gasteiger partial charge in [-0.2, -0.15) is 0 Å². The first-order valence-electron chi connectivity index (χ1n) is 8.34. The van der Waals surface area contributed by atoms with Gasteiger partial charge in [-0.15, -0.1) is 0 Å². The quantitative estimate of drug-likeness (QED) is 0.372. The van der Waals surface area contributed by atoms with Crippen LogP contribution in [0.2, 0.25) is 0 Å². The number of ketones is 1. The zero-order valence-electron chi connectivity index (χ0n) is 16.2. The van der Waals surface area contributed by atoms with Crippen molar-refractivity contribution < 1.29 is 33.3 Å². The number of methoxy groups -OCH3 is 4. The molecule has 0 spiro atoms. The zero-order chi connectivity index (χ0) is 20.5. The summed E-state index contributed by atoms with van der Waals surface area (Å²) in [4.78, 5) is 24.3. The Balaban J connectivity index is 2.03. The maximum atomic E-state index is 12.3. The van der Waals surface area contributed by atoms with Crippen molar-refractivity contribution in [2.75, 3.05) is 35.0 Å². The fraction of sp³-hybridized carbons (Fsp3) is 0.238. The van der Waals surface area contributed by atoms with Gasteiger partial charge in [0.25, 0.3) is 0 Å². The highest BCUT2D eigenvalue weighted by molar-refractivity contribution is 6.01. The van der Waals surface area contributed by atoms with Crippen LogP contribution >= 0.6 is 0 Å². The second-order valence-electron chi connectivity index (χ2n) is 5.54. The summed E-state index contributed by atoms with van der Waals surface area (Å²) in [5, 5.41) is 0. The highest BCUT2D eigenvalue weighted by Gasteiger charge is 2.15. The minimum atomic E-state index is -0.661. The Morgan fingerprint density at radius 1 is 0.821 bits per heavy atom. The molecule has 0 N–H and O–H groups in total. The van der Waals surface area contributed by atoms with Crippen molar-refractivity contribution in [3.05, 3.63) is 53.6 Å². The molecule has 0 saturated heterocycles. The number of hydrogen-bond donors (Lipinski definition) is 0. The van der Waals surface area contributed by atoms with Crippen LogP contribution in [0.3, 0.4) is 0 Å². The van der Waals surface area contributed by atoms with Gasteiger partial charge in [0.2, 0.25) is 5.78 Å². The third-order valence-corrected chi connectivity index (χ3v) is 3.89. The summed E-state index contributed by atoms with van der Waals surface area (Å²) in [5.74, 6) is 1.04. The van der Waals surface area contributed by atoms with Gasteiger partial charge >= 0.3 is 5.97 Å². The smallest absolute Gasteiger partial charge is 0.331 e. The molecule has 0 amide bonds. The first kappa shape index (κ1) is 20.8. The van der Waals surface area contributed by atoms with Crippen molar-refractivity contribution in [3.63, 3.8) is 0 Å². The van der Waals surface area contributed by atoms with E-state index in [1.54, 1.807) is 43.5 Å². The SMILES string of the molecule is COc1ccc(OC)c(/C=C/C(=O)OCC(=O)c2ccc(OC)cc2OC)c1. The van der Waals surface area contributed by atoms with Gasteiger partial charge in [-0.3, -0.25) is 4.79 Å². The van der Waals surface area contributed by atoms with Gasteiger partial charge in [0, 0.05) is 17.7 Å². The molecule has 2 aromatic rings. The molecule has 0 unspecified atom stereocenters. The van der Waals surface area contributed by atoms with E-state index in [2.05, 4.69) is 0 Å². The molecule has 28 heavy (non-hydrogen) atoms. The molecular weight excluding hydrogens is 364 g/mol. The number of Topliss-reactive ketones (excluding diaryl/α,β-unsaturated/α-hetero) is 1. The van der Waals surface area contributed by atoms with E-state index in [0.29, 0.717) is 34.1 Å². The summed E-state index contributed by atoms with van der Waals surface area (Å²) in [6.45, 7) is -0.416. The second-order valence-corrected chi connectivity index (χ2v) is 5.54. The van der Waals surface area contributed by atoms with Crippen molar-refractivity contribution in [1.82, 2.24) is 0 Å². The molecule has 0 aliphatic heterocycles. The second kappa shape index (κ2) is 10.0. The van der Waals surface area contributed by atoms with E-state index in [1.807, 2.05) is 0 Å².